The van der Waals surface area contributed by atoms with Gasteiger partial charge < -0.3 is 15.4 Å². The molecule has 15 heteroatoms. The lowest BCUT2D eigenvalue weighted by atomic mass is 10.1. The molecule has 0 bridgehead atoms. The number of hydrogen-bond donors (Lipinski definition) is 2. The van der Waals surface area contributed by atoms with Crippen LogP contribution in [0.15, 0.2) is 48.5 Å². The number of ether oxygens (including phenoxy) is 1. The minimum Gasteiger partial charge on any atom is -0.496 e. The van der Waals surface area contributed by atoms with E-state index in [-0.39, 0.29) is 35.5 Å². The van der Waals surface area contributed by atoms with Gasteiger partial charge in [-0.15, -0.1) is 11.3 Å². The van der Waals surface area contributed by atoms with E-state index in [1.54, 1.807) is 22.6 Å². The number of rotatable bonds is 5. The van der Waals surface area contributed by atoms with Crippen LogP contribution in [0.3, 0.4) is 0 Å². The highest BCUT2D eigenvalue weighted by Crippen LogP contribution is 2.41. The summed E-state index contributed by atoms with van der Waals surface area (Å²) in [5, 5.41) is 4.52. The first-order valence-electron chi connectivity index (χ1n) is 10.8. The van der Waals surface area contributed by atoms with Crippen LogP contribution in [0.2, 0.25) is 0 Å². The monoisotopic (exact) mass is 700 g/mol. The Hall–Kier alpha value is -3.47. The van der Waals surface area contributed by atoms with Crippen molar-refractivity contribution in [2.24, 2.45) is 0 Å². The number of fused-ring (bicyclic) bond motifs is 1. The van der Waals surface area contributed by atoms with E-state index in [1.807, 2.05) is 0 Å². The number of carbonyl (C=O) groups is 2. The predicted molar refractivity (Wildman–Crippen MR) is 140 cm³/mol. The fourth-order valence-corrected chi connectivity index (χ4v) is 5.15. The van der Waals surface area contributed by atoms with Crippen molar-refractivity contribution in [2.45, 2.75) is 12.4 Å². The summed E-state index contributed by atoms with van der Waals surface area (Å²) < 4.78 is 112. The Morgan fingerprint density at radius 2 is 1.55 bits per heavy atom. The Bertz CT molecular complexity index is 1650. The Morgan fingerprint density at radius 3 is 2.17 bits per heavy atom. The maximum absolute atomic E-state index is 14.2. The lowest BCUT2D eigenvalue weighted by Gasteiger charge is -2.13. The molecule has 4 aromatic rings. The van der Waals surface area contributed by atoms with E-state index in [0.717, 1.165) is 24.3 Å². The van der Waals surface area contributed by atoms with E-state index in [0.29, 0.717) is 29.5 Å². The van der Waals surface area contributed by atoms with Crippen LogP contribution in [-0.4, -0.2) is 18.9 Å². The van der Waals surface area contributed by atoms with Gasteiger partial charge in [-0.2, -0.15) is 26.3 Å². The van der Waals surface area contributed by atoms with Crippen molar-refractivity contribution in [3.63, 3.8) is 0 Å². The number of halogens is 9. The van der Waals surface area contributed by atoms with Gasteiger partial charge in [0, 0.05) is 15.8 Å². The average molecular weight is 700 g/mol. The third-order valence-electron chi connectivity index (χ3n) is 5.48. The second kappa shape index (κ2) is 10.8. The molecule has 0 spiro atoms. The molecule has 0 aliphatic carbocycles. The zero-order valence-electron chi connectivity index (χ0n) is 19.7. The van der Waals surface area contributed by atoms with Gasteiger partial charge in [0.1, 0.15) is 22.3 Å². The second-order valence-electron chi connectivity index (χ2n) is 8.08. The molecule has 210 valence electrons. The van der Waals surface area contributed by atoms with Gasteiger partial charge in [0.05, 0.1) is 33.1 Å². The molecular weight excluding hydrogens is 687 g/mol. The normalized spacial score (nSPS) is 11.9. The minimum absolute atomic E-state index is 0.00321. The Balaban J connectivity index is 1.80. The molecule has 4 rings (SSSR count). The smallest absolute Gasteiger partial charge is 0.419 e. The van der Waals surface area contributed by atoms with Gasteiger partial charge in [-0.25, -0.2) is 8.78 Å². The van der Waals surface area contributed by atoms with Crippen molar-refractivity contribution >= 4 is 67.2 Å². The summed E-state index contributed by atoms with van der Waals surface area (Å²) in [5.41, 5.74) is -3.76. The van der Waals surface area contributed by atoms with E-state index in [4.69, 9.17) is 4.74 Å². The number of amides is 2. The molecule has 0 atom stereocenters. The zero-order valence-corrected chi connectivity index (χ0v) is 22.6. The van der Waals surface area contributed by atoms with Crippen molar-refractivity contribution in [2.75, 3.05) is 17.7 Å². The number of benzene rings is 3. The van der Waals surface area contributed by atoms with Crippen LogP contribution in [0.4, 0.5) is 46.5 Å². The first-order chi connectivity index (χ1) is 18.6. The molecular formula is C25H13F8IN2O3S. The quantitative estimate of drug-likeness (QED) is 0.163. The number of nitrogens with one attached hydrogen (secondary N) is 2. The Labute approximate surface area is 237 Å². The molecule has 0 unspecified atom stereocenters. The molecule has 2 amide bonds. The molecule has 0 radical (unpaired) electrons. The number of methoxy groups -OCH3 is 1. The van der Waals surface area contributed by atoms with Crippen LogP contribution < -0.4 is 15.4 Å². The lowest BCUT2D eigenvalue weighted by molar-refractivity contribution is -0.140. The molecule has 1 heterocycles. The molecule has 3 aromatic carbocycles. The van der Waals surface area contributed by atoms with Crippen LogP contribution in [0, 0.1) is 15.2 Å². The molecule has 1 aromatic heterocycles. The average Bonchev–Trinajstić information content (AvgIpc) is 3.23. The molecule has 2 N–H and O–H groups in total. The van der Waals surface area contributed by atoms with Crippen LogP contribution in [0.25, 0.3) is 10.1 Å². The van der Waals surface area contributed by atoms with Gasteiger partial charge in [-0.3, -0.25) is 9.59 Å². The van der Waals surface area contributed by atoms with Crippen molar-refractivity contribution in [1.29, 1.82) is 0 Å². The number of thiophene rings is 1. The molecule has 0 fully saturated rings. The van der Waals surface area contributed by atoms with E-state index in [2.05, 4.69) is 10.6 Å². The summed E-state index contributed by atoms with van der Waals surface area (Å²) in [6, 6.07) is 6.24. The Morgan fingerprint density at radius 1 is 0.850 bits per heavy atom. The predicted octanol–water partition coefficient (Wildman–Crippen LogP) is 8.33. The maximum Gasteiger partial charge on any atom is 0.419 e. The molecule has 0 saturated carbocycles. The number of alkyl halides is 6. The highest BCUT2D eigenvalue weighted by molar-refractivity contribution is 14.1. The minimum atomic E-state index is -5.07. The van der Waals surface area contributed by atoms with E-state index >= 15 is 0 Å². The van der Waals surface area contributed by atoms with Crippen LogP contribution in [-0.2, 0) is 12.4 Å². The molecule has 5 nitrogen and oxygen atoms in total. The van der Waals surface area contributed by atoms with Gasteiger partial charge in [0.2, 0.25) is 0 Å². The highest BCUT2D eigenvalue weighted by Gasteiger charge is 2.35. The zero-order chi connectivity index (χ0) is 29.6. The fraction of sp³-hybridized carbons (Fsp3) is 0.120. The second-order valence-corrected chi connectivity index (χ2v) is 10.3. The van der Waals surface area contributed by atoms with Crippen molar-refractivity contribution < 1.29 is 49.4 Å². The van der Waals surface area contributed by atoms with Gasteiger partial charge in [0.15, 0.2) is 0 Å². The van der Waals surface area contributed by atoms with Gasteiger partial charge in [-0.1, -0.05) is 6.07 Å². The standard InChI is InChI=1S/C25H13F8IN2O3S/c1-39-18-9-17(34)16(27)8-13(18)22(37)36-20-12-4-2-10(24(28,29)30)6-19(12)40-21(20)23(38)35-11-3-5-15(26)14(7-11)25(31,32)33/h2-9H,1H3,(H,35,38)(H,36,37). The van der Waals surface area contributed by atoms with E-state index < -0.39 is 52.6 Å². The van der Waals surface area contributed by atoms with Crippen molar-refractivity contribution in [3.8, 4) is 5.75 Å². The topological polar surface area (TPSA) is 67.4 Å². The van der Waals surface area contributed by atoms with Gasteiger partial charge in [0.25, 0.3) is 11.8 Å². The molecule has 0 aliphatic rings. The molecule has 40 heavy (non-hydrogen) atoms. The third kappa shape index (κ3) is 5.99. The van der Waals surface area contributed by atoms with Crippen LogP contribution in [0.5, 0.6) is 5.75 Å². The summed E-state index contributed by atoms with van der Waals surface area (Å²) in [4.78, 5) is 25.9. The molecule has 0 aliphatic heterocycles. The number of hydrogen-bond acceptors (Lipinski definition) is 4. The summed E-state index contributed by atoms with van der Waals surface area (Å²) in [5.74, 6) is -4.49. The summed E-state index contributed by atoms with van der Waals surface area (Å²) >= 11 is 2.18. The number of anilines is 2. The van der Waals surface area contributed by atoms with E-state index in [9.17, 15) is 44.7 Å². The van der Waals surface area contributed by atoms with Crippen LogP contribution in [0.1, 0.15) is 31.2 Å². The largest absolute Gasteiger partial charge is 0.496 e. The summed E-state index contributed by atoms with van der Waals surface area (Å²) in [7, 11) is 1.22. The Kier molecular flexibility index (Phi) is 7.99. The lowest BCUT2D eigenvalue weighted by Crippen LogP contribution is -2.18. The SMILES string of the molecule is COc1cc(I)c(F)cc1C(=O)Nc1c(C(=O)Nc2ccc(F)c(C(F)(F)F)c2)sc2cc(C(F)(F)F)ccc12. The highest BCUT2D eigenvalue weighted by atomic mass is 127. The van der Waals surface area contributed by atoms with Crippen molar-refractivity contribution in [1.82, 2.24) is 0 Å². The number of carbonyl (C=O) groups excluding carboxylic acids is 2. The first-order valence-corrected chi connectivity index (χ1v) is 12.7. The fourth-order valence-electron chi connectivity index (χ4n) is 3.62. The summed E-state index contributed by atoms with van der Waals surface area (Å²) in [6.45, 7) is 0. The maximum atomic E-state index is 14.2. The molecule has 0 saturated heterocycles. The van der Waals surface area contributed by atoms with E-state index in [1.165, 1.54) is 13.2 Å². The van der Waals surface area contributed by atoms with Crippen molar-refractivity contribution in [3.05, 3.63) is 85.3 Å². The third-order valence-corrected chi connectivity index (χ3v) is 7.46. The summed E-state index contributed by atoms with van der Waals surface area (Å²) in [6.07, 6.45) is -9.81. The van der Waals surface area contributed by atoms with Gasteiger partial charge >= 0.3 is 12.4 Å². The van der Waals surface area contributed by atoms with Crippen LogP contribution >= 0.6 is 33.9 Å². The van der Waals surface area contributed by atoms with Gasteiger partial charge in [-0.05, 0) is 65.1 Å². The first kappa shape index (κ1) is 29.5.